The number of anilines is 1. The van der Waals surface area contributed by atoms with Crippen LogP contribution in [-0.4, -0.2) is 53.0 Å². The molecule has 0 bridgehead atoms. The molecule has 1 aliphatic heterocycles. The van der Waals surface area contributed by atoms with Crippen molar-refractivity contribution < 1.29 is 0 Å². The summed E-state index contributed by atoms with van der Waals surface area (Å²) < 4.78 is 0. The maximum atomic E-state index is 6.12. The molecule has 6 nitrogen and oxygen atoms in total. The van der Waals surface area contributed by atoms with E-state index in [2.05, 4.69) is 38.6 Å². The molecule has 1 unspecified atom stereocenters. The van der Waals surface area contributed by atoms with Crippen LogP contribution in [0.4, 0.5) is 5.95 Å². The van der Waals surface area contributed by atoms with Crippen molar-refractivity contribution in [2.75, 3.05) is 31.1 Å². The molecule has 21 heavy (non-hydrogen) atoms. The monoisotopic (exact) mass is 402 g/mol. The van der Waals surface area contributed by atoms with Gasteiger partial charge < -0.3 is 15.5 Å². The van der Waals surface area contributed by atoms with E-state index >= 15 is 0 Å². The Kier molecular flexibility index (Phi) is 4.90. The summed E-state index contributed by atoms with van der Waals surface area (Å²) in [5, 5.41) is 0. The standard InChI is InChI=1S/C14H22N6.HI/c1-14(2)10-11(14)18-12(15)19-6-8-20(9-7-19)13-16-4-3-5-17-13;/h3-5,11H,6-10H2,1-2H3,(H2,15,18);1H. The topological polar surface area (TPSA) is 70.6 Å². The number of aromatic nitrogens is 2. The van der Waals surface area contributed by atoms with Crippen LogP contribution in [0.1, 0.15) is 20.3 Å². The van der Waals surface area contributed by atoms with E-state index in [1.807, 2.05) is 6.07 Å². The molecule has 2 heterocycles. The number of rotatable bonds is 2. The van der Waals surface area contributed by atoms with Crippen molar-refractivity contribution >= 4 is 35.9 Å². The molecule has 0 aromatic carbocycles. The van der Waals surface area contributed by atoms with E-state index in [0.717, 1.165) is 38.5 Å². The highest BCUT2D eigenvalue weighted by Gasteiger charge is 2.46. The Balaban J connectivity index is 0.00000161. The summed E-state index contributed by atoms with van der Waals surface area (Å²) in [5.41, 5.74) is 6.46. The minimum Gasteiger partial charge on any atom is -0.370 e. The molecule has 1 aromatic rings. The lowest BCUT2D eigenvalue weighted by molar-refractivity contribution is 0.377. The van der Waals surface area contributed by atoms with Crippen molar-refractivity contribution in [3.05, 3.63) is 18.5 Å². The Labute approximate surface area is 142 Å². The van der Waals surface area contributed by atoms with Gasteiger partial charge in [0.05, 0.1) is 6.04 Å². The summed E-state index contributed by atoms with van der Waals surface area (Å²) >= 11 is 0. The number of hydrogen-bond acceptors (Lipinski definition) is 4. The molecule has 2 aliphatic rings. The molecule has 1 saturated carbocycles. The zero-order valence-electron chi connectivity index (χ0n) is 12.6. The van der Waals surface area contributed by atoms with Crippen molar-refractivity contribution in [1.29, 1.82) is 0 Å². The highest BCUT2D eigenvalue weighted by Crippen LogP contribution is 2.47. The summed E-state index contributed by atoms with van der Waals surface area (Å²) in [5.74, 6) is 1.49. The molecule has 2 N–H and O–H groups in total. The van der Waals surface area contributed by atoms with Crippen LogP contribution in [0.15, 0.2) is 23.5 Å². The molecule has 0 radical (unpaired) electrons. The van der Waals surface area contributed by atoms with Gasteiger partial charge in [0, 0.05) is 38.6 Å². The molecule has 0 amide bonds. The van der Waals surface area contributed by atoms with Gasteiger partial charge in [0.1, 0.15) is 0 Å². The van der Waals surface area contributed by atoms with Gasteiger partial charge in [-0.15, -0.1) is 24.0 Å². The highest BCUT2D eigenvalue weighted by atomic mass is 127. The summed E-state index contributed by atoms with van der Waals surface area (Å²) in [4.78, 5) is 17.5. The number of piperazine rings is 1. The predicted molar refractivity (Wildman–Crippen MR) is 95.0 cm³/mol. The maximum absolute atomic E-state index is 6.12. The molecule has 1 atom stereocenters. The van der Waals surface area contributed by atoms with Crippen molar-refractivity contribution in [2.45, 2.75) is 26.3 Å². The zero-order valence-corrected chi connectivity index (χ0v) is 14.9. The molecule has 7 heteroatoms. The van der Waals surface area contributed by atoms with Crippen LogP contribution in [0.3, 0.4) is 0 Å². The van der Waals surface area contributed by atoms with Gasteiger partial charge >= 0.3 is 0 Å². The van der Waals surface area contributed by atoms with Crippen LogP contribution in [0, 0.1) is 5.41 Å². The van der Waals surface area contributed by atoms with Gasteiger partial charge in [0.25, 0.3) is 0 Å². The van der Waals surface area contributed by atoms with Gasteiger partial charge in [-0.1, -0.05) is 13.8 Å². The second-order valence-corrected chi connectivity index (χ2v) is 6.22. The van der Waals surface area contributed by atoms with Crippen LogP contribution in [0.5, 0.6) is 0 Å². The van der Waals surface area contributed by atoms with E-state index in [-0.39, 0.29) is 24.0 Å². The first-order chi connectivity index (χ1) is 9.56. The van der Waals surface area contributed by atoms with Crippen molar-refractivity contribution in [3.8, 4) is 0 Å². The first-order valence-electron chi connectivity index (χ1n) is 7.16. The Morgan fingerprint density at radius 1 is 1.24 bits per heavy atom. The van der Waals surface area contributed by atoms with E-state index in [4.69, 9.17) is 5.73 Å². The minimum absolute atomic E-state index is 0. The minimum atomic E-state index is 0. The van der Waals surface area contributed by atoms with Crippen LogP contribution in [-0.2, 0) is 0 Å². The second kappa shape index (κ2) is 6.33. The van der Waals surface area contributed by atoms with E-state index in [0.29, 0.717) is 17.4 Å². The van der Waals surface area contributed by atoms with Gasteiger partial charge in [-0.25, -0.2) is 15.0 Å². The number of nitrogens with zero attached hydrogens (tertiary/aromatic N) is 5. The number of halogens is 1. The third kappa shape index (κ3) is 3.75. The van der Waals surface area contributed by atoms with Gasteiger partial charge in [-0.2, -0.15) is 0 Å². The first kappa shape index (κ1) is 16.3. The van der Waals surface area contributed by atoms with Crippen LogP contribution in [0.2, 0.25) is 0 Å². The molecule has 1 saturated heterocycles. The van der Waals surface area contributed by atoms with Crippen LogP contribution < -0.4 is 10.6 Å². The average molecular weight is 402 g/mol. The van der Waals surface area contributed by atoms with Crippen molar-refractivity contribution in [1.82, 2.24) is 14.9 Å². The van der Waals surface area contributed by atoms with Gasteiger partial charge in [0.15, 0.2) is 5.96 Å². The molecule has 3 rings (SSSR count). The fourth-order valence-electron chi connectivity index (χ4n) is 2.49. The lowest BCUT2D eigenvalue weighted by Crippen LogP contribution is -2.51. The first-order valence-corrected chi connectivity index (χ1v) is 7.16. The summed E-state index contributed by atoms with van der Waals surface area (Å²) in [6, 6.07) is 2.24. The van der Waals surface area contributed by atoms with Crippen LogP contribution >= 0.6 is 24.0 Å². The van der Waals surface area contributed by atoms with E-state index in [9.17, 15) is 0 Å². The molecule has 1 aliphatic carbocycles. The SMILES string of the molecule is CC1(C)CC1N=C(N)N1CCN(c2ncccn2)CC1.I. The molecular formula is C14H23IN6. The van der Waals surface area contributed by atoms with Crippen molar-refractivity contribution in [3.63, 3.8) is 0 Å². The fourth-order valence-corrected chi connectivity index (χ4v) is 2.49. The van der Waals surface area contributed by atoms with Gasteiger partial charge in [-0.3, -0.25) is 0 Å². The number of nitrogens with two attached hydrogens (primary N) is 1. The average Bonchev–Trinajstić information content (AvgIpc) is 3.06. The Morgan fingerprint density at radius 3 is 2.33 bits per heavy atom. The lowest BCUT2D eigenvalue weighted by Gasteiger charge is -2.35. The highest BCUT2D eigenvalue weighted by molar-refractivity contribution is 14.0. The normalized spacial score (nSPS) is 24.5. The Morgan fingerprint density at radius 2 is 1.81 bits per heavy atom. The molecule has 116 valence electrons. The number of guanidine groups is 1. The molecular weight excluding hydrogens is 379 g/mol. The molecule has 2 fully saturated rings. The molecule has 1 aromatic heterocycles. The summed E-state index contributed by atoms with van der Waals surface area (Å²) in [6.07, 6.45) is 4.70. The van der Waals surface area contributed by atoms with Crippen LogP contribution in [0.25, 0.3) is 0 Å². The lowest BCUT2D eigenvalue weighted by atomic mass is 10.2. The van der Waals surface area contributed by atoms with E-state index in [1.54, 1.807) is 12.4 Å². The third-order valence-electron chi connectivity index (χ3n) is 4.19. The largest absolute Gasteiger partial charge is 0.370 e. The number of hydrogen-bond donors (Lipinski definition) is 1. The Hall–Kier alpha value is -1.12. The molecule has 0 spiro atoms. The second-order valence-electron chi connectivity index (χ2n) is 6.22. The number of aliphatic imine (C=N–C) groups is 1. The third-order valence-corrected chi connectivity index (χ3v) is 4.19. The van der Waals surface area contributed by atoms with Crippen molar-refractivity contribution in [2.24, 2.45) is 16.1 Å². The zero-order chi connectivity index (χ0) is 14.2. The predicted octanol–water partition coefficient (Wildman–Crippen LogP) is 1.33. The fraction of sp³-hybridized carbons (Fsp3) is 0.643. The summed E-state index contributed by atoms with van der Waals surface area (Å²) in [7, 11) is 0. The smallest absolute Gasteiger partial charge is 0.225 e. The Bertz CT molecular complexity index is 495. The van der Waals surface area contributed by atoms with E-state index in [1.165, 1.54) is 0 Å². The quantitative estimate of drug-likeness (QED) is 0.459. The van der Waals surface area contributed by atoms with E-state index < -0.39 is 0 Å². The van der Waals surface area contributed by atoms with Gasteiger partial charge in [-0.05, 0) is 17.9 Å². The van der Waals surface area contributed by atoms with Gasteiger partial charge in [0.2, 0.25) is 5.95 Å². The maximum Gasteiger partial charge on any atom is 0.225 e. The summed E-state index contributed by atoms with van der Waals surface area (Å²) in [6.45, 7) is 7.99.